The van der Waals surface area contributed by atoms with Crippen molar-refractivity contribution >= 4 is 13.0 Å². The second kappa shape index (κ2) is 3.99. The van der Waals surface area contributed by atoms with Gasteiger partial charge in [0.2, 0.25) is 0 Å². The Balaban J connectivity index is 2.67. The Kier molecular flexibility index (Phi) is 2.87. The maximum atomic E-state index is 3.99. The third kappa shape index (κ3) is 2.13. The van der Waals surface area contributed by atoms with Crippen molar-refractivity contribution in [1.82, 2.24) is 4.98 Å². The van der Waals surface area contributed by atoms with Crippen molar-refractivity contribution in [3.8, 4) is 0 Å². The van der Waals surface area contributed by atoms with E-state index in [1.54, 1.807) is 6.20 Å². The van der Waals surface area contributed by atoms with Crippen LogP contribution < -0.4 is 0 Å². The summed E-state index contributed by atoms with van der Waals surface area (Å²) < 4.78 is 0. The van der Waals surface area contributed by atoms with E-state index in [4.69, 9.17) is 0 Å². The normalized spacial score (nSPS) is 10.1. The van der Waals surface area contributed by atoms with Crippen LogP contribution in [0.1, 0.15) is 18.8 Å². The SMILES string of the molecule is CCC=Cc1bccnc1. The van der Waals surface area contributed by atoms with Crippen molar-refractivity contribution in [1.29, 1.82) is 0 Å². The van der Waals surface area contributed by atoms with Crippen LogP contribution in [0, 0.1) is 0 Å². The molecule has 0 unspecified atom stereocenters. The predicted molar refractivity (Wildman–Crippen MR) is 44.9 cm³/mol. The Morgan fingerprint density at radius 3 is 3.20 bits per heavy atom. The van der Waals surface area contributed by atoms with E-state index in [0.29, 0.717) is 0 Å². The third-order valence-electron chi connectivity index (χ3n) is 1.23. The number of hydrogen-bond donors (Lipinski definition) is 0. The van der Waals surface area contributed by atoms with Gasteiger partial charge in [-0.05, 0) is 0 Å². The number of allylic oxidation sites excluding steroid dienone is 1. The number of aromatic nitrogens is 1. The van der Waals surface area contributed by atoms with Crippen LogP contribution in [-0.2, 0) is 0 Å². The van der Waals surface area contributed by atoms with Crippen molar-refractivity contribution < 1.29 is 0 Å². The molecule has 2 heteroatoms. The van der Waals surface area contributed by atoms with Crippen LogP contribution in [0.2, 0.25) is 0 Å². The number of nitrogens with zero attached hydrogens (tertiary/aromatic N) is 1. The molecule has 0 spiro atoms. The molecule has 0 saturated carbocycles. The van der Waals surface area contributed by atoms with Gasteiger partial charge in [-0.1, -0.05) is 0 Å². The number of rotatable bonds is 2. The van der Waals surface area contributed by atoms with Gasteiger partial charge in [0, 0.05) is 0 Å². The fraction of sp³-hybridized carbons (Fsp3) is 0.250. The van der Waals surface area contributed by atoms with Gasteiger partial charge in [-0.25, -0.2) is 0 Å². The second-order valence-electron chi connectivity index (χ2n) is 2.10. The molecule has 10 heavy (non-hydrogen) atoms. The molecule has 1 aromatic rings. The summed E-state index contributed by atoms with van der Waals surface area (Å²) in [7, 11) is 0. The molecular weight excluding hydrogens is 121 g/mol. The molecule has 0 radical (unpaired) electrons. The van der Waals surface area contributed by atoms with Crippen molar-refractivity contribution in [2.24, 2.45) is 0 Å². The van der Waals surface area contributed by atoms with E-state index < -0.39 is 0 Å². The van der Waals surface area contributed by atoms with Gasteiger partial charge in [-0.3, -0.25) is 0 Å². The Morgan fingerprint density at radius 2 is 2.60 bits per heavy atom. The summed E-state index contributed by atoms with van der Waals surface area (Å²) in [4.78, 5) is 3.99. The van der Waals surface area contributed by atoms with Gasteiger partial charge >= 0.3 is 61.2 Å². The van der Waals surface area contributed by atoms with Crippen molar-refractivity contribution in [2.45, 2.75) is 13.3 Å². The minimum absolute atomic E-state index is 1.08. The monoisotopic (exact) mass is 131 g/mol. The van der Waals surface area contributed by atoms with Crippen LogP contribution in [0.15, 0.2) is 24.4 Å². The Bertz CT molecular complexity index is 206. The van der Waals surface area contributed by atoms with Crippen LogP contribution in [0.3, 0.4) is 0 Å². The molecule has 0 atom stereocenters. The minimum atomic E-state index is 1.08. The average Bonchev–Trinajstić information content (AvgIpc) is 2.03. The number of hydrogen-bond acceptors (Lipinski definition) is 1. The summed E-state index contributed by atoms with van der Waals surface area (Å²) in [6.07, 6.45) is 8.91. The molecule has 0 fully saturated rings. The first-order valence-electron chi connectivity index (χ1n) is 3.50. The molecule has 0 aliphatic carbocycles. The first-order chi connectivity index (χ1) is 4.93. The van der Waals surface area contributed by atoms with Crippen molar-refractivity contribution in [3.05, 3.63) is 29.9 Å². The molecule has 0 aromatic carbocycles. The Labute approximate surface area is 62.0 Å². The van der Waals surface area contributed by atoms with E-state index >= 15 is 0 Å². The van der Waals surface area contributed by atoms with Gasteiger partial charge < -0.3 is 0 Å². The van der Waals surface area contributed by atoms with Gasteiger partial charge in [0.25, 0.3) is 0 Å². The average molecular weight is 131 g/mol. The third-order valence-corrected chi connectivity index (χ3v) is 1.23. The van der Waals surface area contributed by atoms with Crippen LogP contribution in [0.5, 0.6) is 0 Å². The van der Waals surface area contributed by atoms with Crippen LogP contribution >= 0.6 is 0 Å². The van der Waals surface area contributed by atoms with E-state index in [2.05, 4.69) is 24.1 Å². The van der Waals surface area contributed by atoms with E-state index in [-0.39, 0.29) is 0 Å². The first kappa shape index (κ1) is 7.20. The fourth-order valence-corrected chi connectivity index (χ4v) is 0.728. The molecule has 1 nitrogen and oxygen atoms in total. The molecule has 0 saturated heterocycles. The first-order valence-corrected chi connectivity index (χ1v) is 3.50. The molecule has 1 heterocycles. The quantitative estimate of drug-likeness (QED) is 0.596. The predicted octanol–water partition coefficient (Wildman–Crippen LogP) is 1.84. The van der Waals surface area contributed by atoms with Gasteiger partial charge in [-0.15, -0.1) is 0 Å². The summed E-state index contributed by atoms with van der Waals surface area (Å²) in [5, 5.41) is 0. The van der Waals surface area contributed by atoms with E-state index in [9.17, 15) is 0 Å². The van der Waals surface area contributed by atoms with Crippen LogP contribution in [-0.4, -0.2) is 11.9 Å². The Morgan fingerprint density at radius 1 is 1.70 bits per heavy atom. The topological polar surface area (TPSA) is 12.9 Å². The molecule has 50 valence electrons. The van der Waals surface area contributed by atoms with Gasteiger partial charge in [0.05, 0.1) is 0 Å². The molecule has 0 aliphatic heterocycles. The van der Waals surface area contributed by atoms with Gasteiger partial charge in [0.15, 0.2) is 0 Å². The van der Waals surface area contributed by atoms with E-state index in [1.807, 2.05) is 19.1 Å². The summed E-state index contributed by atoms with van der Waals surface area (Å²) >= 11 is 0. The second-order valence-corrected chi connectivity index (χ2v) is 2.10. The summed E-state index contributed by atoms with van der Waals surface area (Å²) in [6, 6.07) is 0. The van der Waals surface area contributed by atoms with Crippen molar-refractivity contribution in [3.63, 3.8) is 0 Å². The van der Waals surface area contributed by atoms with Gasteiger partial charge in [0.1, 0.15) is 0 Å². The summed E-state index contributed by atoms with van der Waals surface area (Å²) in [5.74, 6) is 1.94. The molecule has 0 bridgehead atoms. The Hall–Kier alpha value is -0.915. The maximum absolute atomic E-state index is 3.99. The zero-order valence-corrected chi connectivity index (χ0v) is 6.12. The van der Waals surface area contributed by atoms with Crippen LogP contribution in [0.25, 0.3) is 6.08 Å². The summed E-state index contributed by atoms with van der Waals surface area (Å²) in [6.45, 7) is 4.16. The fourth-order valence-electron chi connectivity index (χ4n) is 0.728. The van der Waals surface area contributed by atoms with Crippen molar-refractivity contribution in [2.75, 3.05) is 0 Å². The summed E-state index contributed by atoms with van der Waals surface area (Å²) in [5.41, 5.74) is 1.17. The van der Waals surface area contributed by atoms with Gasteiger partial charge in [-0.2, -0.15) is 0 Å². The molecule has 1 aromatic heterocycles. The molecular formula is C8H10BN. The van der Waals surface area contributed by atoms with E-state index in [1.165, 1.54) is 5.46 Å². The molecule has 0 aliphatic rings. The standard InChI is InChI=1S/C8H10BN/c1-2-3-4-8-7-10-6-5-9-8/h3-7H,2H2,1H3. The zero-order chi connectivity index (χ0) is 7.23. The molecule has 0 N–H and O–H groups in total. The molecule has 1 rings (SSSR count). The molecule has 0 amide bonds. The zero-order valence-electron chi connectivity index (χ0n) is 6.12. The van der Waals surface area contributed by atoms with E-state index in [0.717, 1.165) is 6.42 Å². The van der Waals surface area contributed by atoms with Crippen LogP contribution in [0.4, 0.5) is 0 Å².